The third-order valence-corrected chi connectivity index (χ3v) is 3.47. The van der Waals surface area contributed by atoms with Gasteiger partial charge < -0.3 is 19.9 Å². The highest BCUT2D eigenvalue weighted by molar-refractivity contribution is 5.73. The maximum atomic E-state index is 11.7. The molecule has 0 radical (unpaired) electrons. The number of hydrogen-bond acceptors (Lipinski definition) is 5. The van der Waals surface area contributed by atoms with Crippen LogP contribution in [-0.4, -0.2) is 29.8 Å². The number of urea groups is 1. The fourth-order valence-corrected chi connectivity index (χ4v) is 2.03. The average Bonchev–Trinajstić information content (AvgIpc) is 3.06. The molecule has 0 aliphatic carbocycles. The summed E-state index contributed by atoms with van der Waals surface area (Å²) in [6.45, 7) is 5.05. The lowest BCUT2D eigenvalue weighted by atomic mass is 10.2. The van der Waals surface area contributed by atoms with Crippen molar-refractivity contribution < 1.29 is 14.1 Å². The van der Waals surface area contributed by atoms with E-state index in [0.29, 0.717) is 25.4 Å². The minimum Gasteiger partial charge on any atom is -0.497 e. The summed E-state index contributed by atoms with van der Waals surface area (Å²) < 4.78 is 10.3. The molecule has 0 aliphatic rings. The van der Waals surface area contributed by atoms with E-state index in [9.17, 15) is 4.79 Å². The predicted molar refractivity (Wildman–Crippen MR) is 89.9 cm³/mol. The summed E-state index contributed by atoms with van der Waals surface area (Å²) in [6.07, 6.45) is 1.40. The Balaban J connectivity index is 1.62. The quantitative estimate of drug-likeness (QED) is 0.725. The van der Waals surface area contributed by atoms with Crippen molar-refractivity contribution in [2.75, 3.05) is 13.7 Å². The number of methoxy groups -OCH3 is 1. The van der Waals surface area contributed by atoms with Crippen molar-refractivity contribution in [1.29, 1.82) is 0 Å². The van der Waals surface area contributed by atoms with Crippen molar-refractivity contribution in [1.82, 2.24) is 20.8 Å². The van der Waals surface area contributed by atoms with Gasteiger partial charge in [0.05, 0.1) is 7.11 Å². The van der Waals surface area contributed by atoms with Gasteiger partial charge in [0.25, 0.3) is 0 Å². The van der Waals surface area contributed by atoms with Gasteiger partial charge in [-0.15, -0.1) is 0 Å². The zero-order valence-corrected chi connectivity index (χ0v) is 14.3. The molecule has 24 heavy (non-hydrogen) atoms. The maximum Gasteiger partial charge on any atom is 0.315 e. The number of ether oxygens (including phenoxy) is 1. The third kappa shape index (κ3) is 5.57. The lowest BCUT2D eigenvalue weighted by Crippen LogP contribution is -2.35. The molecule has 0 saturated carbocycles. The van der Waals surface area contributed by atoms with Gasteiger partial charge in [-0.25, -0.2) is 4.79 Å². The summed E-state index contributed by atoms with van der Waals surface area (Å²) in [6, 6.07) is 7.37. The van der Waals surface area contributed by atoms with E-state index in [4.69, 9.17) is 9.26 Å². The van der Waals surface area contributed by atoms with Crippen LogP contribution in [0.4, 0.5) is 4.79 Å². The van der Waals surface area contributed by atoms with E-state index in [1.807, 2.05) is 38.1 Å². The van der Waals surface area contributed by atoms with Crippen LogP contribution in [0.25, 0.3) is 0 Å². The van der Waals surface area contributed by atoms with Crippen molar-refractivity contribution in [3.63, 3.8) is 0 Å². The van der Waals surface area contributed by atoms with Crippen LogP contribution < -0.4 is 15.4 Å². The monoisotopic (exact) mass is 332 g/mol. The molecule has 0 fully saturated rings. The number of aryl methyl sites for hydroxylation is 1. The van der Waals surface area contributed by atoms with Crippen LogP contribution in [0, 0.1) is 0 Å². The van der Waals surface area contributed by atoms with Crippen LogP contribution in [0.2, 0.25) is 0 Å². The van der Waals surface area contributed by atoms with E-state index in [2.05, 4.69) is 20.8 Å². The first-order chi connectivity index (χ1) is 11.6. The molecular formula is C17H24N4O3. The van der Waals surface area contributed by atoms with Crippen LogP contribution in [0.1, 0.15) is 43.5 Å². The molecule has 2 N–H and O–H groups in total. The summed E-state index contributed by atoms with van der Waals surface area (Å²) in [5, 5.41) is 9.53. The summed E-state index contributed by atoms with van der Waals surface area (Å²) >= 11 is 0. The Labute approximate surface area is 141 Å². The van der Waals surface area contributed by atoms with Gasteiger partial charge in [0, 0.05) is 25.4 Å². The molecule has 0 aliphatic heterocycles. The summed E-state index contributed by atoms with van der Waals surface area (Å²) in [5.74, 6) is 2.38. The number of nitrogens with one attached hydrogen (secondary N) is 2. The topological polar surface area (TPSA) is 89.3 Å². The molecule has 7 heteroatoms. The highest BCUT2D eigenvalue weighted by atomic mass is 16.5. The van der Waals surface area contributed by atoms with Crippen molar-refractivity contribution in [3.05, 3.63) is 41.5 Å². The Morgan fingerprint density at radius 2 is 2.00 bits per heavy atom. The third-order valence-electron chi connectivity index (χ3n) is 3.47. The molecule has 2 amide bonds. The van der Waals surface area contributed by atoms with Crippen LogP contribution in [0.5, 0.6) is 5.75 Å². The van der Waals surface area contributed by atoms with Gasteiger partial charge in [0.2, 0.25) is 5.89 Å². The normalized spacial score (nSPS) is 10.7. The summed E-state index contributed by atoms with van der Waals surface area (Å²) in [7, 11) is 1.62. The Hall–Kier alpha value is -2.57. The van der Waals surface area contributed by atoms with E-state index >= 15 is 0 Å². The molecule has 0 bridgehead atoms. The lowest BCUT2D eigenvalue weighted by molar-refractivity contribution is 0.240. The van der Waals surface area contributed by atoms with Gasteiger partial charge in [-0.3, -0.25) is 0 Å². The van der Waals surface area contributed by atoms with Crippen LogP contribution in [0.3, 0.4) is 0 Å². The molecule has 0 saturated heterocycles. The first kappa shape index (κ1) is 17.8. The van der Waals surface area contributed by atoms with Crippen molar-refractivity contribution in [2.45, 2.75) is 39.2 Å². The lowest BCUT2D eigenvalue weighted by Gasteiger charge is -2.07. The van der Waals surface area contributed by atoms with E-state index in [0.717, 1.165) is 23.6 Å². The van der Waals surface area contributed by atoms with Crippen LogP contribution in [-0.2, 0) is 13.0 Å². The van der Waals surface area contributed by atoms with Crippen LogP contribution in [0.15, 0.2) is 28.8 Å². The second-order valence-corrected chi connectivity index (χ2v) is 5.76. The average molecular weight is 332 g/mol. The maximum absolute atomic E-state index is 11.7. The predicted octanol–water partition coefficient (Wildman–Crippen LogP) is 2.63. The Morgan fingerprint density at radius 1 is 1.25 bits per heavy atom. The standard InChI is InChI=1S/C17H24N4O3/c1-12(2)16-20-15(24-21-16)5-4-10-18-17(22)19-11-13-6-8-14(23-3)9-7-13/h6-9,12H,4-5,10-11H2,1-3H3,(H2,18,19,22). The molecule has 2 aromatic rings. The van der Waals surface area contributed by atoms with Gasteiger partial charge in [-0.05, 0) is 24.1 Å². The molecule has 1 heterocycles. The number of aromatic nitrogens is 2. The zero-order valence-electron chi connectivity index (χ0n) is 14.3. The van der Waals surface area contributed by atoms with Crippen LogP contribution >= 0.6 is 0 Å². The van der Waals surface area contributed by atoms with E-state index in [1.165, 1.54) is 0 Å². The molecule has 0 unspecified atom stereocenters. The fourth-order valence-electron chi connectivity index (χ4n) is 2.03. The van der Waals surface area contributed by atoms with E-state index in [-0.39, 0.29) is 11.9 Å². The largest absolute Gasteiger partial charge is 0.497 e. The zero-order chi connectivity index (χ0) is 17.4. The second kappa shape index (κ2) is 8.90. The Morgan fingerprint density at radius 3 is 2.62 bits per heavy atom. The number of hydrogen-bond donors (Lipinski definition) is 2. The summed E-state index contributed by atoms with van der Waals surface area (Å²) in [5.41, 5.74) is 1.01. The van der Waals surface area contributed by atoms with Gasteiger partial charge >= 0.3 is 6.03 Å². The number of benzene rings is 1. The molecule has 2 rings (SSSR count). The van der Waals surface area contributed by atoms with E-state index in [1.54, 1.807) is 7.11 Å². The van der Waals surface area contributed by atoms with Crippen molar-refractivity contribution in [3.8, 4) is 5.75 Å². The fraction of sp³-hybridized carbons (Fsp3) is 0.471. The molecule has 1 aromatic carbocycles. The molecular weight excluding hydrogens is 308 g/mol. The first-order valence-corrected chi connectivity index (χ1v) is 8.05. The van der Waals surface area contributed by atoms with Gasteiger partial charge in [0.1, 0.15) is 5.75 Å². The minimum atomic E-state index is -0.195. The highest BCUT2D eigenvalue weighted by Gasteiger charge is 2.09. The number of rotatable bonds is 8. The second-order valence-electron chi connectivity index (χ2n) is 5.76. The van der Waals surface area contributed by atoms with Crippen molar-refractivity contribution in [2.24, 2.45) is 0 Å². The smallest absolute Gasteiger partial charge is 0.315 e. The minimum absolute atomic E-state index is 0.195. The number of carbonyl (C=O) groups is 1. The molecule has 7 nitrogen and oxygen atoms in total. The van der Waals surface area contributed by atoms with Gasteiger partial charge in [-0.2, -0.15) is 4.98 Å². The van der Waals surface area contributed by atoms with Gasteiger partial charge in [-0.1, -0.05) is 31.1 Å². The Bertz CT molecular complexity index is 638. The molecule has 1 aromatic heterocycles. The Kier molecular flexibility index (Phi) is 6.60. The SMILES string of the molecule is COc1ccc(CNC(=O)NCCCc2nc(C(C)C)no2)cc1. The van der Waals surface area contributed by atoms with E-state index < -0.39 is 0 Å². The van der Waals surface area contributed by atoms with Crippen molar-refractivity contribution >= 4 is 6.03 Å². The molecule has 0 spiro atoms. The molecule has 130 valence electrons. The molecule has 0 atom stereocenters. The number of nitrogens with zero attached hydrogens (tertiary/aromatic N) is 2. The first-order valence-electron chi connectivity index (χ1n) is 8.05. The van der Waals surface area contributed by atoms with Gasteiger partial charge in [0.15, 0.2) is 5.82 Å². The number of carbonyl (C=O) groups excluding carboxylic acids is 1. The summed E-state index contributed by atoms with van der Waals surface area (Å²) in [4.78, 5) is 16.0. The highest BCUT2D eigenvalue weighted by Crippen LogP contribution is 2.11. The number of amides is 2.